The van der Waals surface area contributed by atoms with Crippen molar-refractivity contribution in [2.75, 3.05) is 5.32 Å². The van der Waals surface area contributed by atoms with Gasteiger partial charge in [0.1, 0.15) is 5.65 Å². The second-order valence-corrected chi connectivity index (χ2v) is 5.25. The highest BCUT2D eigenvalue weighted by molar-refractivity contribution is 6.36. The molecule has 1 aromatic carbocycles. The zero-order valence-corrected chi connectivity index (χ0v) is 11.6. The number of halogens is 1. The van der Waals surface area contributed by atoms with Crippen LogP contribution in [0.25, 0.3) is 17.3 Å². The van der Waals surface area contributed by atoms with E-state index in [4.69, 9.17) is 11.6 Å². The molecule has 1 aliphatic rings. The summed E-state index contributed by atoms with van der Waals surface area (Å²) in [6.07, 6.45) is 5.52. The quantitative estimate of drug-likeness (QED) is 0.699. The van der Waals surface area contributed by atoms with Crippen LogP contribution in [0.3, 0.4) is 0 Å². The zero-order chi connectivity index (χ0) is 14.4. The maximum atomic E-state index is 12.2. The number of rotatable bonds is 1. The number of amides is 1. The Morgan fingerprint density at radius 3 is 3.05 bits per heavy atom. The van der Waals surface area contributed by atoms with Gasteiger partial charge in [0.25, 0.3) is 5.91 Å². The number of hydrogen-bond donors (Lipinski definition) is 1. The summed E-state index contributed by atoms with van der Waals surface area (Å²) >= 11 is 5.95. The number of anilines is 1. The van der Waals surface area contributed by atoms with Gasteiger partial charge in [0, 0.05) is 16.8 Å². The van der Waals surface area contributed by atoms with E-state index < -0.39 is 0 Å². The minimum absolute atomic E-state index is 0.127. The van der Waals surface area contributed by atoms with Gasteiger partial charge in [0.05, 0.1) is 23.2 Å². The highest BCUT2D eigenvalue weighted by Gasteiger charge is 2.24. The van der Waals surface area contributed by atoms with E-state index in [0.29, 0.717) is 10.6 Å². The number of benzene rings is 1. The van der Waals surface area contributed by atoms with Crippen molar-refractivity contribution in [2.24, 2.45) is 0 Å². The Morgan fingerprint density at radius 2 is 2.14 bits per heavy atom. The molecule has 102 valence electrons. The first-order chi connectivity index (χ1) is 10.2. The third-order valence-corrected chi connectivity index (χ3v) is 3.74. The highest BCUT2D eigenvalue weighted by Crippen LogP contribution is 2.34. The lowest BCUT2D eigenvalue weighted by Gasteiger charge is -1.99. The first kappa shape index (κ1) is 12.2. The van der Waals surface area contributed by atoms with E-state index in [1.54, 1.807) is 18.3 Å². The Bertz CT molecular complexity index is 911. The molecule has 4 nitrogen and oxygen atoms in total. The topological polar surface area (TPSA) is 46.4 Å². The third-order valence-electron chi connectivity index (χ3n) is 3.50. The molecule has 0 bridgehead atoms. The summed E-state index contributed by atoms with van der Waals surface area (Å²) in [5.74, 6) is -0.127. The predicted octanol–water partition coefficient (Wildman–Crippen LogP) is 3.48. The van der Waals surface area contributed by atoms with Crippen molar-refractivity contribution < 1.29 is 4.79 Å². The molecule has 0 spiro atoms. The van der Waals surface area contributed by atoms with Crippen LogP contribution >= 0.6 is 11.6 Å². The third kappa shape index (κ3) is 1.92. The van der Waals surface area contributed by atoms with Gasteiger partial charge < -0.3 is 9.72 Å². The number of imidazole rings is 1. The average Bonchev–Trinajstić information content (AvgIpc) is 3.01. The lowest BCUT2D eigenvalue weighted by molar-refractivity contribution is -0.110. The van der Waals surface area contributed by atoms with Gasteiger partial charge in [-0.3, -0.25) is 4.79 Å². The number of aromatic nitrogens is 2. The van der Waals surface area contributed by atoms with Crippen LogP contribution in [-0.2, 0) is 4.79 Å². The fourth-order valence-corrected chi connectivity index (χ4v) is 2.69. The van der Waals surface area contributed by atoms with Crippen molar-refractivity contribution >= 4 is 40.5 Å². The molecule has 0 saturated heterocycles. The van der Waals surface area contributed by atoms with Crippen LogP contribution in [0.4, 0.5) is 5.69 Å². The second kappa shape index (κ2) is 4.46. The molecule has 0 unspecified atom stereocenters. The number of nitrogens with zero attached hydrogens (tertiary/aromatic N) is 2. The Balaban J connectivity index is 1.89. The van der Waals surface area contributed by atoms with E-state index in [1.165, 1.54) is 0 Å². The molecule has 0 atom stereocenters. The first-order valence-electron chi connectivity index (χ1n) is 6.47. The molecule has 5 heteroatoms. The molecule has 0 radical (unpaired) electrons. The summed E-state index contributed by atoms with van der Waals surface area (Å²) < 4.78 is 1.94. The largest absolute Gasteiger partial charge is 0.321 e. The second-order valence-electron chi connectivity index (χ2n) is 4.81. The van der Waals surface area contributed by atoms with Crippen LogP contribution in [0.5, 0.6) is 0 Å². The van der Waals surface area contributed by atoms with Crippen LogP contribution in [0.2, 0.25) is 5.02 Å². The number of nitrogens with one attached hydrogen (secondary N) is 1. The van der Waals surface area contributed by atoms with Crippen molar-refractivity contribution in [2.45, 2.75) is 0 Å². The molecular formula is C16H10ClN3O. The Morgan fingerprint density at radius 1 is 1.24 bits per heavy atom. The lowest BCUT2D eigenvalue weighted by atomic mass is 10.1. The summed E-state index contributed by atoms with van der Waals surface area (Å²) in [6.45, 7) is 0. The van der Waals surface area contributed by atoms with Gasteiger partial charge in [-0.25, -0.2) is 4.98 Å². The van der Waals surface area contributed by atoms with Crippen LogP contribution in [0, 0.1) is 0 Å². The standard InChI is InChI=1S/C16H10ClN3O/c17-10-4-5-12-13(16(21)19-14(12)7-10)8-11-9-18-15-3-1-2-6-20(11)15/h1-9H,(H,19,21)/b13-8-. The van der Waals surface area contributed by atoms with E-state index in [-0.39, 0.29) is 5.91 Å². The predicted molar refractivity (Wildman–Crippen MR) is 83.1 cm³/mol. The molecule has 1 N–H and O–H groups in total. The van der Waals surface area contributed by atoms with Gasteiger partial charge in [-0.2, -0.15) is 0 Å². The molecule has 3 heterocycles. The molecule has 21 heavy (non-hydrogen) atoms. The number of pyridine rings is 1. The van der Waals surface area contributed by atoms with Gasteiger partial charge in [0.2, 0.25) is 0 Å². The van der Waals surface area contributed by atoms with E-state index >= 15 is 0 Å². The van der Waals surface area contributed by atoms with Crippen molar-refractivity contribution in [1.82, 2.24) is 9.38 Å². The van der Waals surface area contributed by atoms with Crippen molar-refractivity contribution in [3.05, 3.63) is 65.1 Å². The zero-order valence-electron chi connectivity index (χ0n) is 10.9. The Hall–Kier alpha value is -2.59. The van der Waals surface area contributed by atoms with Crippen molar-refractivity contribution in [1.29, 1.82) is 0 Å². The summed E-state index contributed by atoms with van der Waals surface area (Å²) in [5, 5.41) is 3.43. The first-order valence-corrected chi connectivity index (χ1v) is 6.85. The van der Waals surface area contributed by atoms with Gasteiger partial charge in [-0.15, -0.1) is 0 Å². The number of carbonyl (C=O) groups excluding carboxylic acids is 1. The minimum Gasteiger partial charge on any atom is -0.321 e. The highest BCUT2D eigenvalue weighted by atomic mass is 35.5. The Kier molecular flexibility index (Phi) is 2.59. The molecule has 0 aliphatic carbocycles. The maximum Gasteiger partial charge on any atom is 0.256 e. The van der Waals surface area contributed by atoms with E-state index in [0.717, 1.165) is 22.6 Å². The smallest absolute Gasteiger partial charge is 0.256 e. The molecule has 0 saturated carbocycles. The van der Waals surface area contributed by atoms with Gasteiger partial charge in [-0.1, -0.05) is 23.7 Å². The van der Waals surface area contributed by atoms with Crippen LogP contribution < -0.4 is 5.32 Å². The molecule has 4 rings (SSSR count). The molecule has 0 fully saturated rings. The average molecular weight is 296 g/mol. The maximum absolute atomic E-state index is 12.2. The number of carbonyl (C=O) groups is 1. The Labute approximate surface area is 125 Å². The number of hydrogen-bond acceptors (Lipinski definition) is 2. The summed E-state index contributed by atoms with van der Waals surface area (Å²) in [7, 11) is 0. The number of fused-ring (bicyclic) bond motifs is 2. The fraction of sp³-hybridized carbons (Fsp3) is 0. The lowest BCUT2D eigenvalue weighted by Crippen LogP contribution is -2.03. The molecule has 2 aromatic heterocycles. The summed E-state index contributed by atoms with van der Waals surface area (Å²) in [4.78, 5) is 16.5. The molecule has 1 aliphatic heterocycles. The van der Waals surface area contributed by atoms with Crippen LogP contribution in [-0.4, -0.2) is 15.3 Å². The van der Waals surface area contributed by atoms with Crippen molar-refractivity contribution in [3.63, 3.8) is 0 Å². The fourth-order valence-electron chi connectivity index (χ4n) is 2.52. The van der Waals surface area contributed by atoms with E-state index in [2.05, 4.69) is 10.3 Å². The van der Waals surface area contributed by atoms with E-state index in [9.17, 15) is 4.79 Å². The SMILES string of the molecule is O=C1Nc2cc(Cl)ccc2/C1=C/c1cnc2ccccn12. The molecular weight excluding hydrogens is 286 g/mol. The van der Waals surface area contributed by atoms with Crippen molar-refractivity contribution in [3.8, 4) is 0 Å². The summed E-state index contributed by atoms with van der Waals surface area (Å²) in [6, 6.07) is 11.2. The molecule has 1 amide bonds. The normalized spacial score (nSPS) is 15.5. The minimum atomic E-state index is -0.127. The van der Waals surface area contributed by atoms with Gasteiger partial charge >= 0.3 is 0 Å². The summed E-state index contributed by atoms with van der Waals surface area (Å²) in [5.41, 5.74) is 3.92. The van der Waals surface area contributed by atoms with Crippen LogP contribution in [0.1, 0.15) is 11.3 Å². The van der Waals surface area contributed by atoms with Gasteiger partial charge in [0.15, 0.2) is 0 Å². The van der Waals surface area contributed by atoms with Crippen LogP contribution in [0.15, 0.2) is 48.8 Å². The van der Waals surface area contributed by atoms with E-state index in [1.807, 2.05) is 40.9 Å². The monoisotopic (exact) mass is 295 g/mol. The van der Waals surface area contributed by atoms with Gasteiger partial charge in [-0.05, 0) is 30.3 Å². The molecule has 3 aromatic rings.